The number of hydrogen-bond donors (Lipinski definition) is 1. The van der Waals surface area contributed by atoms with Crippen molar-refractivity contribution in [1.82, 2.24) is 5.32 Å². The van der Waals surface area contributed by atoms with Crippen molar-refractivity contribution in [2.24, 2.45) is 0 Å². The third-order valence-electron chi connectivity index (χ3n) is 4.11. The summed E-state index contributed by atoms with van der Waals surface area (Å²) in [5.41, 5.74) is 2.06. The van der Waals surface area contributed by atoms with Gasteiger partial charge < -0.3 is 14.5 Å². The van der Waals surface area contributed by atoms with Crippen LogP contribution in [0.2, 0.25) is 0 Å². The fourth-order valence-electron chi connectivity index (χ4n) is 2.89. The third kappa shape index (κ3) is 2.44. The van der Waals surface area contributed by atoms with Crippen LogP contribution in [0.15, 0.2) is 57.7 Å². The van der Waals surface area contributed by atoms with E-state index in [0.717, 1.165) is 16.9 Å². The molecule has 5 heteroatoms. The Labute approximate surface area is 137 Å². The first-order valence-electron chi connectivity index (χ1n) is 7.69. The Morgan fingerprint density at radius 1 is 1.17 bits per heavy atom. The topological polar surface area (TPSA) is 68.5 Å². The summed E-state index contributed by atoms with van der Waals surface area (Å²) in [6.07, 6.45) is 0. The van der Waals surface area contributed by atoms with Gasteiger partial charge in [0.25, 0.3) is 5.91 Å². The van der Waals surface area contributed by atoms with Gasteiger partial charge in [0.1, 0.15) is 17.9 Å². The van der Waals surface area contributed by atoms with Crippen LogP contribution in [0.3, 0.4) is 0 Å². The van der Waals surface area contributed by atoms with Gasteiger partial charge in [0.05, 0.1) is 11.4 Å². The molecule has 1 aliphatic rings. The molecule has 0 aliphatic carbocycles. The minimum atomic E-state index is -0.430. The normalized spacial score (nSPS) is 15.8. The van der Waals surface area contributed by atoms with E-state index in [1.165, 1.54) is 6.07 Å². The summed E-state index contributed by atoms with van der Waals surface area (Å²) in [4.78, 5) is 24.7. The van der Waals surface area contributed by atoms with E-state index in [4.69, 9.17) is 9.15 Å². The smallest absolute Gasteiger partial charge is 0.287 e. The first-order valence-corrected chi connectivity index (χ1v) is 7.69. The lowest BCUT2D eigenvalue weighted by Gasteiger charge is -2.11. The maximum absolute atomic E-state index is 12.5. The minimum absolute atomic E-state index is 0.00230. The number of rotatable bonds is 2. The van der Waals surface area contributed by atoms with Crippen LogP contribution in [0.5, 0.6) is 5.75 Å². The highest BCUT2D eigenvalue weighted by Crippen LogP contribution is 2.31. The molecule has 2 heterocycles. The molecule has 24 heavy (non-hydrogen) atoms. The lowest BCUT2D eigenvalue weighted by atomic mass is 10.1. The van der Waals surface area contributed by atoms with Gasteiger partial charge in [-0.25, -0.2) is 0 Å². The van der Waals surface area contributed by atoms with Crippen molar-refractivity contribution in [2.75, 3.05) is 6.61 Å². The highest BCUT2D eigenvalue weighted by molar-refractivity contribution is 5.93. The van der Waals surface area contributed by atoms with Gasteiger partial charge in [-0.15, -0.1) is 0 Å². The van der Waals surface area contributed by atoms with E-state index in [1.807, 2.05) is 37.3 Å². The molecular formula is C19H15NO4. The maximum Gasteiger partial charge on any atom is 0.287 e. The summed E-state index contributed by atoms with van der Waals surface area (Å²) in [5, 5.41) is 3.33. The van der Waals surface area contributed by atoms with Crippen molar-refractivity contribution in [1.29, 1.82) is 0 Å². The fraction of sp³-hybridized carbons (Fsp3) is 0.158. The molecule has 0 saturated carbocycles. The monoisotopic (exact) mass is 321 g/mol. The Balaban J connectivity index is 1.66. The second kappa shape index (κ2) is 5.53. The van der Waals surface area contributed by atoms with E-state index in [9.17, 15) is 9.59 Å². The molecular weight excluding hydrogens is 306 g/mol. The SMILES string of the molecule is Cc1ccc2c(=O)cc(C(=O)N[C@H]3COc4ccccc43)oc2c1. The molecule has 0 radical (unpaired) electrons. The van der Waals surface area contributed by atoms with E-state index in [0.29, 0.717) is 17.6 Å². The van der Waals surface area contributed by atoms with Crippen LogP contribution in [-0.4, -0.2) is 12.5 Å². The zero-order chi connectivity index (χ0) is 16.7. The van der Waals surface area contributed by atoms with Crippen molar-refractivity contribution >= 4 is 16.9 Å². The average molecular weight is 321 g/mol. The van der Waals surface area contributed by atoms with E-state index in [2.05, 4.69) is 5.32 Å². The van der Waals surface area contributed by atoms with Crippen LogP contribution >= 0.6 is 0 Å². The first kappa shape index (κ1) is 14.5. The molecule has 0 spiro atoms. The van der Waals surface area contributed by atoms with Crippen molar-refractivity contribution in [3.8, 4) is 5.75 Å². The highest BCUT2D eigenvalue weighted by Gasteiger charge is 2.26. The summed E-state index contributed by atoms with van der Waals surface area (Å²) in [6, 6.07) is 13.8. The summed E-state index contributed by atoms with van der Waals surface area (Å²) in [7, 11) is 0. The molecule has 1 amide bonds. The predicted octanol–water partition coefficient (Wildman–Crippen LogP) is 2.96. The Kier molecular flexibility index (Phi) is 3.34. The molecule has 1 atom stereocenters. The van der Waals surface area contributed by atoms with Gasteiger partial charge in [0.15, 0.2) is 11.2 Å². The van der Waals surface area contributed by atoms with Crippen LogP contribution in [0.1, 0.15) is 27.7 Å². The molecule has 2 aromatic carbocycles. The number of ether oxygens (including phenoxy) is 1. The Morgan fingerprint density at radius 2 is 2.00 bits per heavy atom. The zero-order valence-corrected chi connectivity index (χ0v) is 13.0. The number of benzene rings is 2. The van der Waals surface area contributed by atoms with Gasteiger partial charge in [-0.3, -0.25) is 9.59 Å². The van der Waals surface area contributed by atoms with Crippen molar-refractivity contribution in [3.05, 3.63) is 75.6 Å². The number of fused-ring (bicyclic) bond motifs is 2. The fourth-order valence-corrected chi connectivity index (χ4v) is 2.89. The number of carbonyl (C=O) groups is 1. The molecule has 1 aromatic heterocycles. The number of carbonyl (C=O) groups excluding carboxylic acids is 1. The van der Waals surface area contributed by atoms with Crippen molar-refractivity contribution < 1.29 is 13.9 Å². The largest absolute Gasteiger partial charge is 0.491 e. The van der Waals surface area contributed by atoms with Crippen LogP contribution in [0.4, 0.5) is 0 Å². The van der Waals surface area contributed by atoms with Gasteiger partial charge >= 0.3 is 0 Å². The number of aryl methyl sites for hydroxylation is 1. The van der Waals surface area contributed by atoms with Gasteiger partial charge in [0, 0.05) is 11.6 Å². The summed E-state index contributed by atoms with van der Waals surface area (Å²) in [6.45, 7) is 2.26. The Hall–Kier alpha value is -3.08. The van der Waals surface area contributed by atoms with E-state index in [-0.39, 0.29) is 17.2 Å². The number of para-hydroxylation sites is 1. The van der Waals surface area contributed by atoms with E-state index < -0.39 is 5.91 Å². The highest BCUT2D eigenvalue weighted by atomic mass is 16.5. The molecule has 4 rings (SSSR count). The van der Waals surface area contributed by atoms with Crippen LogP contribution in [0.25, 0.3) is 11.0 Å². The van der Waals surface area contributed by atoms with Crippen molar-refractivity contribution in [3.63, 3.8) is 0 Å². The number of hydrogen-bond acceptors (Lipinski definition) is 4. The molecule has 1 aliphatic heterocycles. The lowest BCUT2D eigenvalue weighted by molar-refractivity contribution is 0.0903. The quantitative estimate of drug-likeness (QED) is 0.788. The average Bonchev–Trinajstić information content (AvgIpc) is 2.97. The predicted molar refractivity (Wildman–Crippen MR) is 89.4 cm³/mol. The lowest BCUT2D eigenvalue weighted by Crippen LogP contribution is -2.30. The number of nitrogens with one attached hydrogen (secondary N) is 1. The first-order chi connectivity index (χ1) is 11.6. The summed E-state index contributed by atoms with van der Waals surface area (Å²) in [5.74, 6) is 0.335. The van der Waals surface area contributed by atoms with Crippen LogP contribution in [-0.2, 0) is 0 Å². The molecule has 1 N–H and O–H groups in total. The Morgan fingerprint density at radius 3 is 2.88 bits per heavy atom. The van der Waals surface area contributed by atoms with E-state index >= 15 is 0 Å². The third-order valence-corrected chi connectivity index (χ3v) is 4.11. The van der Waals surface area contributed by atoms with Crippen molar-refractivity contribution in [2.45, 2.75) is 13.0 Å². The molecule has 3 aromatic rings. The zero-order valence-electron chi connectivity index (χ0n) is 13.0. The second-order valence-corrected chi connectivity index (χ2v) is 5.85. The molecule has 120 valence electrons. The standard InChI is InChI=1S/C19H15NO4/c1-11-6-7-13-15(21)9-18(24-17(13)8-11)19(22)20-14-10-23-16-5-3-2-4-12(14)16/h2-9,14H,10H2,1H3,(H,20,22)/t14-/m0/s1. The van der Waals surface area contributed by atoms with Gasteiger partial charge in [-0.1, -0.05) is 24.3 Å². The summed E-state index contributed by atoms with van der Waals surface area (Å²) >= 11 is 0. The number of amides is 1. The Bertz CT molecular complexity index is 1010. The second-order valence-electron chi connectivity index (χ2n) is 5.85. The summed E-state index contributed by atoms with van der Waals surface area (Å²) < 4.78 is 11.2. The molecule has 0 fully saturated rings. The van der Waals surface area contributed by atoms with E-state index in [1.54, 1.807) is 12.1 Å². The van der Waals surface area contributed by atoms with Gasteiger partial charge in [-0.05, 0) is 30.7 Å². The molecule has 0 unspecified atom stereocenters. The molecule has 0 bridgehead atoms. The van der Waals surface area contributed by atoms with Gasteiger partial charge in [-0.2, -0.15) is 0 Å². The van der Waals surface area contributed by atoms with Gasteiger partial charge in [0.2, 0.25) is 0 Å². The molecule has 5 nitrogen and oxygen atoms in total. The maximum atomic E-state index is 12.5. The molecule has 0 saturated heterocycles. The minimum Gasteiger partial charge on any atom is -0.491 e. The van der Waals surface area contributed by atoms with Crippen LogP contribution in [0, 0.1) is 6.92 Å². The van der Waals surface area contributed by atoms with Crippen LogP contribution < -0.4 is 15.5 Å².